The molecule has 0 heterocycles. The molecular weight excluding hydrogens is 176 g/mol. The van der Waals surface area contributed by atoms with Gasteiger partial charge in [-0.15, -0.1) is 0 Å². The Morgan fingerprint density at radius 3 is 1.71 bits per heavy atom. The number of rotatable bonds is 1. The van der Waals surface area contributed by atoms with E-state index >= 15 is 0 Å². The van der Waals surface area contributed by atoms with Gasteiger partial charge in [0.25, 0.3) is 0 Å². The summed E-state index contributed by atoms with van der Waals surface area (Å²) in [6, 6.07) is 9.23. The van der Waals surface area contributed by atoms with E-state index < -0.39 is 5.60 Å². The maximum absolute atomic E-state index is 10.6. The molecule has 0 bridgehead atoms. The Morgan fingerprint density at radius 2 is 1.50 bits per heavy atom. The zero-order valence-corrected chi connectivity index (χ0v) is 9.24. The van der Waals surface area contributed by atoms with Gasteiger partial charge >= 0.3 is 0 Å². The molecule has 14 heavy (non-hydrogen) atoms. The molecule has 2 heteroatoms. The third kappa shape index (κ3) is 8.94. The van der Waals surface area contributed by atoms with E-state index in [4.69, 9.17) is 5.11 Å². The normalized spacial score (nSPS) is 10.1. The monoisotopic (exact) mass is 194 g/mol. The lowest BCUT2D eigenvalue weighted by Crippen LogP contribution is -2.10. The number of carbonyl (C=O) groups excluding carboxylic acids is 1. The molecule has 0 spiro atoms. The first-order valence-electron chi connectivity index (χ1n) is 4.59. The van der Waals surface area contributed by atoms with Crippen LogP contribution in [-0.2, 0) is 0 Å². The fraction of sp³-hybridized carbons (Fsp3) is 0.417. The van der Waals surface area contributed by atoms with Crippen molar-refractivity contribution in [2.75, 3.05) is 0 Å². The second-order valence-electron chi connectivity index (χ2n) is 4.09. The summed E-state index contributed by atoms with van der Waals surface area (Å²) in [4.78, 5) is 10.6. The van der Waals surface area contributed by atoms with Gasteiger partial charge < -0.3 is 5.11 Å². The average molecular weight is 194 g/mol. The number of carbonyl (C=O) groups is 1. The molecule has 0 atom stereocenters. The molecule has 0 saturated heterocycles. The molecule has 0 aliphatic carbocycles. The molecule has 0 amide bonds. The van der Waals surface area contributed by atoms with Gasteiger partial charge in [0.05, 0.1) is 5.60 Å². The van der Waals surface area contributed by atoms with E-state index in [-0.39, 0.29) is 5.78 Å². The first-order valence-corrected chi connectivity index (χ1v) is 4.59. The standard InChI is InChI=1S/C8H8O.C4H10O/c1-7(9)8-5-3-2-4-6-8;1-4(2,3)5/h2-6H,1H3;5H,1-3H3. The zero-order valence-electron chi connectivity index (χ0n) is 9.24. The van der Waals surface area contributed by atoms with Gasteiger partial charge in [0.2, 0.25) is 0 Å². The van der Waals surface area contributed by atoms with Gasteiger partial charge in [0.15, 0.2) is 5.78 Å². The van der Waals surface area contributed by atoms with Crippen LogP contribution < -0.4 is 0 Å². The van der Waals surface area contributed by atoms with E-state index in [1.807, 2.05) is 30.3 Å². The summed E-state index contributed by atoms with van der Waals surface area (Å²) in [6.45, 7) is 6.79. The summed E-state index contributed by atoms with van der Waals surface area (Å²) in [6.07, 6.45) is 0. The third-order valence-corrected chi connectivity index (χ3v) is 1.18. The lowest BCUT2D eigenvalue weighted by atomic mass is 10.2. The molecule has 0 aliphatic rings. The maximum Gasteiger partial charge on any atom is 0.159 e. The molecule has 0 unspecified atom stereocenters. The first kappa shape index (κ1) is 12.8. The summed E-state index contributed by atoms with van der Waals surface area (Å²) in [5, 5.41) is 8.52. The van der Waals surface area contributed by atoms with Crippen molar-refractivity contribution >= 4 is 5.78 Å². The van der Waals surface area contributed by atoms with Crippen LogP contribution in [0.5, 0.6) is 0 Å². The Hall–Kier alpha value is -1.15. The Labute approximate surface area is 85.6 Å². The second-order valence-corrected chi connectivity index (χ2v) is 4.09. The van der Waals surface area contributed by atoms with E-state index in [0.29, 0.717) is 0 Å². The number of hydrogen-bond donors (Lipinski definition) is 1. The van der Waals surface area contributed by atoms with Crippen LogP contribution in [0.3, 0.4) is 0 Å². The smallest absolute Gasteiger partial charge is 0.159 e. The van der Waals surface area contributed by atoms with Crippen molar-refractivity contribution < 1.29 is 9.90 Å². The lowest BCUT2D eigenvalue weighted by Gasteiger charge is -2.04. The van der Waals surface area contributed by atoms with E-state index in [9.17, 15) is 4.79 Å². The number of benzene rings is 1. The van der Waals surface area contributed by atoms with Crippen LogP contribution in [0.25, 0.3) is 0 Å². The van der Waals surface area contributed by atoms with Crippen molar-refractivity contribution in [3.63, 3.8) is 0 Å². The van der Waals surface area contributed by atoms with Crippen LogP contribution in [0.2, 0.25) is 0 Å². The summed E-state index contributed by atoms with van der Waals surface area (Å²) >= 11 is 0. The van der Waals surface area contributed by atoms with Gasteiger partial charge in [-0.2, -0.15) is 0 Å². The van der Waals surface area contributed by atoms with Gasteiger partial charge in [0, 0.05) is 5.56 Å². The molecule has 1 aromatic carbocycles. The highest BCUT2D eigenvalue weighted by Gasteiger charge is 1.97. The van der Waals surface area contributed by atoms with Crippen molar-refractivity contribution in [2.24, 2.45) is 0 Å². The minimum Gasteiger partial charge on any atom is -0.391 e. The number of hydrogen-bond acceptors (Lipinski definition) is 2. The molecule has 1 rings (SSSR count). The van der Waals surface area contributed by atoms with E-state index in [1.165, 1.54) is 0 Å². The molecule has 0 saturated carbocycles. The Kier molecular flexibility index (Phi) is 5.10. The molecule has 78 valence electrons. The SMILES string of the molecule is CC(=O)c1ccccc1.CC(C)(C)O. The largest absolute Gasteiger partial charge is 0.391 e. The number of aliphatic hydroxyl groups is 1. The van der Waals surface area contributed by atoms with Crippen molar-refractivity contribution in [1.29, 1.82) is 0 Å². The summed E-state index contributed by atoms with van der Waals surface area (Å²) in [5.74, 6) is 0.121. The van der Waals surface area contributed by atoms with Crippen LogP contribution in [-0.4, -0.2) is 16.5 Å². The highest BCUT2D eigenvalue weighted by atomic mass is 16.3. The molecule has 0 aromatic heterocycles. The van der Waals surface area contributed by atoms with Crippen LogP contribution in [0.4, 0.5) is 0 Å². The van der Waals surface area contributed by atoms with E-state index in [0.717, 1.165) is 5.56 Å². The highest BCUT2D eigenvalue weighted by molar-refractivity contribution is 5.93. The Bertz CT molecular complexity index is 264. The van der Waals surface area contributed by atoms with Crippen LogP contribution in [0.1, 0.15) is 38.1 Å². The summed E-state index contributed by atoms with van der Waals surface area (Å²) < 4.78 is 0. The second kappa shape index (κ2) is 5.55. The van der Waals surface area contributed by atoms with Gasteiger partial charge in [0.1, 0.15) is 0 Å². The predicted molar refractivity (Wildman–Crippen MR) is 58.4 cm³/mol. The Balaban J connectivity index is 0.000000292. The van der Waals surface area contributed by atoms with Crippen molar-refractivity contribution in [1.82, 2.24) is 0 Å². The molecule has 0 fully saturated rings. The highest BCUT2D eigenvalue weighted by Crippen LogP contribution is 1.97. The number of ketones is 1. The minimum atomic E-state index is -0.500. The van der Waals surface area contributed by atoms with Crippen molar-refractivity contribution in [2.45, 2.75) is 33.3 Å². The lowest BCUT2D eigenvalue weighted by molar-refractivity contribution is 0.101. The predicted octanol–water partition coefficient (Wildman–Crippen LogP) is 2.67. The van der Waals surface area contributed by atoms with Crippen molar-refractivity contribution in [3.8, 4) is 0 Å². The Morgan fingerprint density at radius 1 is 1.14 bits per heavy atom. The minimum absolute atomic E-state index is 0.121. The maximum atomic E-state index is 10.6. The number of Topliss-reactive ketones (excluding diaryl/α,β-unsaturated/α-hetero) is 1. The van der Waals surface area contributed by atoms with Crippen molar-refractivity contribution in [3.05, 3.63) is 35.9 Å². The molecule has 0 aliphatic heterocycles. The van der Waals surface area contributed by atoms with E-state index in [2.05, 4.69) is 0 Å². The van der Waals surface area contributed by atoms with Crippen LogP contribution in [0, 0.1) is 0 Å². The van der Waals surface area contributed by atoms with Gasteiger partial charge in [-0.25, -0.2) is 0 Å². The molecule has 1 aromatic rings. The first-order chi connectivity index (χ1) is 6.30. The third-order valence-electron chi connectivity index (χ3n) is 1.18. The van der Waals surface area contributed by atoms with Gasteiger partial charge in [-0.3, -0.25) is 4.79 Å². The quantitative estimate of drug-likeness (QED) is 0.698. The van der Waals surface area contributed by atoms with Gasteiger partial charge in [-0.05, 0) is 27.7 Å². The zero-order chi connectivity index (χ0) is 11.2. The molecular formula is C12H18O2. The molecule has 1 N–H and O–H groups in total. The van der Waals surface area contributed by atoms with Gasteiger partial charge in [-0.1, -0.05) is 30.3 Å². The molecule has 2 nitrogen and oxygen atoms in total. The molecule has 0 radical (unpaired) electrons. The van der Waals surface area contributed by atoms with Crippen LogP contribution in [0.15, 0.2) is 30.3 Å². The van der Waals surface area contributed by atoms with Crippen LogP contribution >= 0.6 is 0 Å². The summed E-state index contributed by atoms with van der Waals surface area (Å²) in [5.41, 5.74) is 0.275. The fourth-order valence-electron chi connectivity index (χ4n) is 0.673. The topological polar surface area (TPSA) is 37.3 Å². The average Bonchev–Trinajstić information content (AvgIpc) is 2.03. The van der Waals surface area contributed by atoms with E-state index in [1.54, 1.807) is 27.7 Å². The summed E-state index contributed by atoms with van der Waals surface area (Å²) in [7, 11) is 0. The fourth-order valence-corrected chi connectivity index (χ4v) is 0.673.